The summed E-state index contributed by atoms with van der Waals surface area (Å²) in [7, 11) is 0. The molecule has 1 atom stereocenters. The number of rotatable bonds is 3. The zero-order chi connectivity index (χ0) is 13.0. The number of nitrogens with one attached hydrogen (secondary N) is 1. The second-order valence-corrected chi connectivity index (χ2v) is 4.35. The molecule has 1 fully saturated rings. The third kappa shape index (κ3) is 2.66. The molecule has 0 bridgehead atoms. The second kappa shape index (κ2) is 5.61. The second-order valence-electron chi connectivity index (χ2n) is 4.35. The Morgan fingerprint density at radius 1 is 1.67 bits per heavy atom. The molecule has 2 heterocycles. The average molecular weight is 244 g/mol. The van der Waals surface area contributed by atoms with E-state index < -0.39 is 0 Å². The van der Waals surface area contributed by atoms with Gasteiger partial charge in [0, 0.05) is 25.8 Å². The number of carbonyl (C=O) groups excluding carboxylic acids is 1. The van der Waals surface area contributed by atoms with Gasteiger partial charge in [-0.1, -0.05) is 6.92 Å². The van der Waals surface area contributed by atoms with Crippen LogP contribution in [0.5, 0.6) is 0 Å². The lowest BCUT2D eigenvalue weighted by Crippen LogP contribution is -2.54. The van der Waals surface area contributed by atoms with Crippen LogP contribution in [0.4, 0.5) is 0 Å². The Hall–Kier alpha value is -1.93. The summed E-state index contributed by atoms with van der Waals surface area (Å²) >= 11 is 0. The Balaban J connectivity index is 2.12. The third-order valence-electron chi connectivity index (χ3n) is 3.15. The lowest BCUT2D eigenvalue weighted by molar-refractivity contribution is -0.129. The van der Waals surface area contributed by atoms with Crippen LogP contribution in [-0.2, 0) is 11.3 Å². The van der Waals surface area contributed by atoms with Crippen molar-refractivity contribution in [3.8, 4) is 6.07 Å². The van der Waals surface area contributed by atoms with E-state index in [2.05, 4.69) is 15.2 Å². The van der Waals surface area contributed by atoms with Crippen LogP contribution in [0, 0.1) is 11.3 Å². The van der Waals surface area contributed by atoms with Gasteiger partial charge in [0.2, 0.25) is 5.91 Å². The molecule has 2 rings (SSSR count). The molecule has 1 aliphatic rings. The van der Waals surface area contributed by atoms with Crippen molar-refractivity contribution in [3.05, 3.63) is 29.6 Å². The Labute approximate surface area is 106 Å². The predicted molar refractivity (Wildman–Crippen MR) is 66.5 cm³/mol. The maximum Gasteiger partial charge on any atom is 0.237 e. The van der Waals surface area contributed by atoms with Crippen molar-refractivity contribution < 1.29 is 4.79 Å². The van der Waals surface area contributed by atoms with Gasteiger partial charge in [-0.05, 0) is 24.1 Å². The van der Waals surface area contributed by atoms with E-state index in [4.69, 9.17) is 5.26 Å². The molecule has 0 spiro atoms. The molecular formula is C13H16N4O. The zero-order valence-electron chi connectivity index (χ0n) is 10.4. The van der Waals surface area contributed by atoms with E-state index in [-0.39, 0.29) is 11.9 Å². The first-order chi connectivity index (χ1) is 8.74. The van der Waals surface area contributed by atoms with Crippen LogP contribution >= 0.6 is 0 Å². The lowest BCUT2D eigenvalue weighted by atomic mass is 10.1. The van der Waals surface area contributed by atoms with Crippen molar-refractivity contribution in [3.63, 3.8) is 0 Å². The zero-order valence-corrected chi connectivity index (χ0v) is 10.4. The SMILES string of the molecule is CCC1C(=O)NCCN1Cc1ccnc(C#N)c1. The normalized spacial score (nSPS) is 20.2. The first-order valence-corrected chi connectivity index (χ1v) is 6.11. The van der Waals surface area contributed by atoms with E-state index in [1.165, 1.54) is 0 Å². The van der Waals surface area contributed by atoms with Gasteiger partial charge >= 0.3 is 0 Å². The molecule has 0 aromatic carbocycles. The van der Waals surface area contributed by atoms with E-state index in [1.807, 2.05) is 19.1 Å². The largest absolute Gasteiger partial charge is 0.353 e. The van der Waals surface area contributed by atoms with Crippen molar-refractivity contribution >= 4 is 5.91 Å². The molecule has 0 radical (unpaired) electrons. The minimum absolute atomic E-state index is 0.0718. The number of nitrogens with zero attached hydrogens (tertiary/aromatic N) is 3. The van der Waals surface area contributed by atoms with Crippen LogP contribution < -0.4 is 5.32 Å². The van der Waals surface area contributed by atoms with Gasteiger partial charge in [-0.3, -0.25) is 9.69 Å². The summed E-state index contributed by atoms with van der Waals surface area (Å²) < 4.78 is 0. The first kappa shape index (κ1) is 12.5. The van der Waals surface area contributed by atoms with Gasteiger partial charge in [-0.15, -0.1) is 0 Å². The van der Waals surface area contributed by atoms with Gasteiger partial charge in [-0.2, -0.15) is 5.26 Å². The standard InChI is InChI=1S/C13H16N4O/c1-2-12-13(18)16-5-6-17(12)9-10-3-4-15-11(7-10)8-14/h3-4,7,12H,2,5-6,9H2,1H3,(H,16,18). The van der Waals surface area contributed by atoms with Gasteiger partial charge < -0.3 is 5.32 Å². The smallest absolute Gasteiger partial charge is 0.237 e. The summed E-state index contributed by atoms with van der Waals surface area (Å²) in [4.78, 5) is 17.8. The van der Waals surface area contributed by atoms with Crippen LogP contribution in [0.1, 0.15) is 24.6 Å². The quantitative estimate of drug-likeness (QED) is 0.848. The number of amides is 1. The summed E-state index contributed by atoms with van der Waals surface area (Å²) in [6, 6.07) is 5.62. The summed E-state index contributed by atoms with van der Waals surface area (Å²) in [6.45, 7) is 4.22. The average Bonchev–Trinajstić information content (AvgIpc) is 2.39. The molecule has 1 N–H and O–H groups in total. The van der Waals surface area contributed by atoms with E-state index >= 15 is 0 Å². The fraction of sp³-hybridized carbons (Fsp3) is 0.462. The van der Waals surface area contributed by atoms with Gasteiger partial charge in [0.05, 0.1) is 6.04 Å². The highest BCUT2D eigenvalue weighted by Crippen LogP contribution is 2.13. The third-order valence-corrected chi connectivity index (χ3v) is 3.15. The molecule has 1 aromatic rings. The predicted octanol–water partition coefficient (Wildman–Crippen LogP) is 0.664. The molecular weight excluding hydrogens is 228 g/mol. The van der Waals surface area contributed by atoms with E-state index in [9.17, 15) is 4.79 Å². The molecule has 0 aliphatic carbocycles. The molecule has 1 unspecified atom stereocenters. The van der Waals surface area contributed by atoms with Gasteiger partial charge in [0.1, 0.15) is 11.8 Å². The summed E-state index contributed by atoms with van der Waals surface area (Å²) in [5.74, 6) is 0.0957. The monoisotopic (exact) mass is 244 g/mol. The van der Waals surface area contributed by atoms with Gasteiger partial charge in [0.15, 0.2) is 0 Å². The number of hydrogen-bond donors (Lipinski definition) is 1. The highest BCUT2D eigenvalue weighted by atomic mass is 16.2. The number of pyridine rings is 1. The Morgan fingerprint density at radius 2 is 2.50 bits per heavy atom. The molecule has 94 valence electrons. The Morgan fingerprint density at radius 3 is 3.22 bits per heavy atom. The minimum Gasteiger partial charge on any atom is -0.353 e. The maximum atomic E-state index is 11.7. The molecule has 18 heavy (non-hydrogen) atoms. The number of aromatic nitrogens is 1. The molecule has 0 saturated carbocycles. The topological polar surface area (TPSA) is 69.0 Å². The maximum absolute atomic E-state index is 11.7. The minimum atomic E-state index is -0.0718. The van der Waals surface area contributed by atoms with Crippen LogP contribution in [-0.4, -0.2) is 34.9 Å². The molecule has 1 saturated heterocycles. The van der Waals surface area contributed by atoms with Crippen molar-refractivity contribution in [2.75, 3.05) is 13.1 Å². The van der Waals surface area contributed by atoms with Crippen LogP contribution in [0.25, 0.3) is 0 Å². The van der Waals surface area contributed by atoms with Gasteiger partial charge in [-0.25, -0.2) is 4.98 Å². The highest BCUT2D eigenvalue weighted by Gasteiger charge is 2.27. The summed E-state index contributed by atoms with van der Waals surface area (Å²) in [5, 5.41) is 11.7. The fourth-order valence-electron chi connectivity index (χ4n) is 2.26. The van der Waals surface area contributed by atoms with Crippen LogP contribution in [0.3, 0.4) is 0 Å². The van der Waals surface area contributed by atoms with Crippen molar-refractivity contribution in [2.24, 2.45) is 0 Å². The van der Waals surface area contributed by atoms with Crippen molar-refractivity contribution in [1.29, 1.82) is 5.26 Å². The summed E-state index contributed by atoms with van der Waals surface area (Å²) in [6.07, 6.45) is 2.43. The summed E-state index contributed by atoms with van der Waals surface area (Å²) in [5.41, 5.74) is 1.44. The highest BCUT2D eigenvalue weighted by molar-refractivity contribution is 5.82. The van der Waals surface area contributed by atoms with Crippen LogP contribution in [0.15, 0.2) is 18.3 Å². The fourth-order valence-corrected chi connectivity index (χ4v) is 2.26. The molecule has 5 nitrogen and oxygen atoms in total. The first-order valence-electron chi connectivity index (χ1n) is 6.11. The molecule has 5 heteroatoms. The van der Waals surface area contributed by atoms with Crippen molar-refractivity contribution in [2.45, 2.75) is 25.9 Å². The number of hydrogen-bond acceptors (Lipinski definition) is 4. The molecule has 1 amide bonds. The van der Waals surface area contributed by atoms with Gasteiger partial charge in [0.25, 0.3) is 0 Å². The van der Waals surface area contributed by atoms with E-state index in [0.29, 0.717) is 18.8 Å². The number of carbonyl (C=O) groups is 1. The van der Waals surface area contributed by atoms with E-state index in [1.54, 1.807) is 12.3 Å². The van der Waals surface area contributed by atoms with Crippen molar-refractivity contribution in [1.82, 2.24) is 15.2 Å². The molecule has 1 aromatic heterocycles. The number of nitriles is 1. The lowest BCUT2D eigenvalue weighted by Gasteiger charge is -2.34. The Kier molecular flexibility index (Phi) is 3.90. The van der Waals surface area contributed by atoms with Crippen LogP contribution in [0.2, 0.25) is 0 Å². The molecule has 1 aliphatic heterocycles. The Bertz CT molecular complexity index is 480. The van der Waals surface area contributed by atoms with E-state index in [0.717, 1.165) is 18.5 Å². The number of piperazine rings is 1.